The summed E-state index contributed by atoms with van der Waals surface area (Å²) in [5.41, 5.74) is 1.65. The number of carbonyl (C=O) groups is 2. The maximum absolute atomic E-state index is 13.0. The zero-order valence-corrected chi connectivity index (χ0v) is 19.0. The Bertz CT molecular complexity index is 1180. The van der Waals surface area contributed by atoms with Gasteiger partial charge in [-0.15, -0.1) is 0 Å². The zero-order valence-electron chi connectivity index (χ0n) is 19.0. The maximum Gasteiger partial charge on any atom is 0.289 e. The Morgan fingerprint density at radius 1 is 1.15 bits per heavy atom. The number of amides is 2. The van der Waals surface area contributed by atoms with Crippen LogP contribution in [0.15, 0.2) is 59.1 Å². The summed E-state index contributed by atoms with van der Waals surface area (Å²) in [7, 11) is 1.61. The number of carbonyl (C=O) groups excluding carboxylic acids is 2. The predicted octanol–water partition coefficient (Wildman–Crippen LogP) is 3.32. The normalized spacial score (nSPS) is 19.6. The molecule has 176 valence electrons. The fraction of sp³-hybridized carbons (Fsp3) is 0.346. The number of likely N-dealkylation sites (tertiary alicyclic amines) is 1. The molecule has 0 aliphatic carbocycles. The number of piperidine rings is 1. The molecule has 0 radical (unpaired) electrons. The van der Waals surface area contributed by atoms with E-state index >= 15 is 0 Å². The van der Waals surface area contributed by atoms with E-state index in [4.69, 9.17) is 13.9 Å². The van der Waals surface area contributed by atoms with Gasteiger partial charge < -0.3 is 24.1 Å². The van der Waals surface area contributed by atoms with Crippen molar-refractivity contribution < 1.29 is 23.5 Å². The summed E-state index contributed by atoms with van der Waals surface area (Å²) in [6, 6.07) is 14.6. The number of nitrogens with zero attached hydrogens (tertiary/aromatic N) is 2. The number of fused-ring (bicyclic) bond motifs is 1. The first-order valence-electron chi connectivity index (χ1n) is 11.5. The van der Waals surface area contributed by atoms with Gasteiger partial charge in [0, 0.05) is 25.3 Å². The third-order valence-electron chi connectivity index (χ3n) is 6.34. The molecular weight excluding hydrogens is 434 g/mol. The molecule has 1 N–H and O–H groups in total. The Hall–Kier alpha value is -3.81. The second kappa shape index (κ2) is 9.59. The summed E-state index contributed by atoms with van der Waals surface area (Å²) in [5, 5.41) is 3.13. The molecule has 8 heteroatoms. The molecule has 2 amide bonds. The van der Waals surface area contributed by atoms with Crippen molar-refractivity contribution in [1.29, 1.82) is 0 Å². The third kappa shape index (κ3) is 4.48. The van der Waals surface area contributed by atoms with E-state index in [1.807, 2.05) is 36.4 Å². The number of aromatic nitrogens is 1. The quantitative estimate of drug-likeness (QED) is 0.627. The first kappa shape index (κ1) is 22.0. The molecular formula is C26H27N3O5. The van der Waals surface area contributed by atoms with Crippen molar-refractivity contribution in [2.75, 3.05) is 26.8 Å². The molecule has 0 spiro atoms. The van der Waals surface area contributed by atoms with Crippen LogP contribution in [-0.2, 0) is 11.2 Å². The minimum Gasteiger partial charge on any atom is -0.493 e. The SMILES string of the molecule is COc1cccc2c1OCC(C(=O)NC1CCCN(C(=O)c3ccc(-c4ccccn4)o3)C1)C2. The van der Waals surface area contributed by atoms with Crippen LogP contribution in [0.3, 0.4) is 0 Å². The van der Waals surface area contributed by atoms with Crippen molar-refractivity contribution in [3.8, 4) is 23.0 Å². The van der Waals surface area contributed by atoms with E-state index < -0.39 is 0 Å². The van der Waals surface area contributed by atoms with Crippen LogP contribution in [0.4, 0.5) is 0 Å². The molecule has 0 bridgehead atoms. The summed E-state index contributed by atoms with van der Waals surface area (Å²) in [6.45, 7) is 1.38. The first-order valence-corrected chi connectivity index (χ1v) is 11.5. The lowest BCUT2D eigenvalue weighted by Crippen LogP contribution is -2.51. The van der Waals surface area contributed by atoms with Gasteiger partial charge in [-0.05, 0) is 55.2 Å². The van der Waals surface area contributed by atoms with Gasteiger partial charge in [0.05, 0.1) is 13.0 Å². The molecule has 1 saturated heterocycles. The van der Waals surface area contributed by atoms with Gasteiger partial charge in [-0.1, -0.05) is 18.2 Å². The molecule has 1 fully saturated rings. The van der Waals surface area contributed by atoms with Crippen LogP contribution < -0.4 is 14.8 Å². The van der Waals surface area contributed by atoms with Crippen molar-refractivity contribution in [3.05, 3.63) is 66.1 Å². The number of hydrogen-bond acceptors (Lipinski definition) is 6. The summed E-state index contributed by atoms with van der Waals surface area (Å²) in [6.07, 6.45) is 3.91. The van der Waals surface area contributed by atoms with Gasteiger partial charge in [-0.25, -0.2) is 0 Å². The minimum absolute atomic E-state index is 0.0526. The van der Waals surface area contributed by atoms with E-state index in [1.54, 1.807) is 30.3 Å². The molecule has 0 saturated carbocycles. The highest BCUT2D eigenvalue weighted by molar-refractivity contribution is 5.92. The number of nitrogens with one attached hydrogen (secondary N) is 1. The van der Waals surface area contributed by atoms with Gasteiger partial charge in [0.2, 0.25) is 5.91 Å². The van der Waals surface area contributed by atoms with E-state index in [9.17, 15) is 9.59 Å². The smallest absolute Gasteiger partial charge is 0.289 e. The van der Waals surface area contributed by atoms with Gasteiger partial charge in [-0.3, -0.25) is 14.6 Å². The summed E-state index contributed by atoms with van der Waals surface area (Å²) in [5.74, 6) is 1.72. The van der Waals surface area contributed by atoms with Crippen LogP contribution >= 0.6 is 0 Å². The number of rotatable bonds is 5. The van der Waals surface area contributed by atoms with Crippen LogP contribution in [0.1, 0.15) is 29.0 Å². The summed E-state index contributed by atoms with van der Waals surface area (Å²) in [4.78, 5) is 32.0. The lowest BCUT2D eigenvalue weighted by atomic mass is 9.95. The van der Waals surface area contributed by atoms with Crippen LogP contribution in [0.2, 0.25) is 0 Å². The van der Waals surface area contributed by atoms with Crippen molar-refractivity contribution in [2.24, 2.45) is 5.92 Å². The van der Waals surface area contributed by atoms with E-state index in [0.29, 0.717) is 49.1 Å². The van der Waals surface area contributed by atoms with Crippen LogP contribution in [0, 0.1) is 5.92 Å². The molecule has 2 aliphatic heterocycles. The average Bonchev–Trinajstić information content (AvgIpc) is 3.38. The number of hydrogen-bond donors (Lipinski definition) is 1. The molecule has 2 aromatic heterocycles. The lowest BCUT2D eigenvalue weighted by Gasteiger charge is -2.34. The van der Waals surface area contributed by atoms with Gasteiger partial charge >= 0.3 is 0 Å². The molecule has 2 aliphatic rings. The van der Waals surface area contributed by atoms with Gasteiger partial charge in [-0.2, -0.15) is 0 Å². The second-order valence-electron chi connectivity index (χ2n) is 8.64. The Labute approximate surface area is 197 Å². The Kier molecular flexibility index (Phi) is 6.20. The van der Waals surface area contributed by atoms with Gasteiger partial charge in [0.15, 0.2) is 23.0 Å². The predicted molar refractivity (Wildman–Crippen MR) is 125 cm³/mol. The second-order valence-corrected chi connectivity index (χ2v) is 8.64. The van der Waals surface area contributed by atoms with E-state index in [1.165, 1.54) is 0 Å². The molecule has 8 nitrogen and oxygen atoms in total. The van der Waals surface area contributed by atoms with Crippen LogP contribution in [0.5, 0.6) is 11.5 Å². The Morgan fingerprint density at radius 3 is 2.88 bits per heavy atom. The average molecular weight is 462 g/mol. The number of para-hydroxylation sites is 1. The maximum atomic E-state index is 13.0. The monoisotopic (exact) mass is 461 g/mol. The Balaban J connectivity index is 1.20. The highest BCUT2D eigenvalue weighted by Crippen LogP contribution is 2.36. The van der Waals surface area contributed by atoms with E-state index in [0.717, 1.165) is 18.4 Å². The van der Waals surface area contributed by atoms with E-state index in [2.05, 4.69) is 10.3 Å². The van der Waals surface area contributed by atoms with Gasteiger partial charge in [0.25, 0.3) is 5.91 Å². The summed E-state index contributed by atoms with van der Waals surface area (Å²) < 4.78 is 17.0. The highest BCUT2D eigenvalue weighted by atomic mass is 16.5. The minimum atomic E-state index is -0.281. The van der Waals surface area contributed by atoms with Crippen molar-refractivity contribution in [1.82, 2.24) is 15.2 Å². The fourth-order valence-corrected chi connectivity index (χ4v) is 4.58. The molecule has 3 aromatic rings. The number of pyridine rings is 1. The molecule has 2 atom stereocenters. The lowest BCUT2D eigenvalue weighted by molar-refractivity contribution is -0.127. The largest absolute Gasteiger partial charge is 0.493 e. The summed E-state index contributed by atoms with van der Waals surface area (Å²) >= 11 is 0. The molecule has 4 heterocycles. The molecule has 5 rings (SSSR count). The first-order chi connectivity index (χ1) is 16.6. The van der Waals surface area contributed by atoms with Crippen LogP contribution in [0.25, 0.3) is 11.5 Å². The number of benzene rings is 1. The Morgan fingerprint density at radius 2 is 2.06 bits per heavy atom. The zero-order chi connectivity index (χ0) is 23.5. The highest BCUT2D eigenvalue weighted by Gasteiger charge is 2.32. The molecule has 2 unspecified atom stereocenters. The number of furan rings is 1. The third-order valence-corrected chi connectivity index (χ3v) is 6.34. The molecule has 1 aromatic carbocycles. The standard InChI is InChI=1S/C26H27N3O5/c1-32-22-9-4-6-17-14-18(16-33-24(17)22)25(30)28-19-7-5-13-29(15-19)26(31)23-11-10-21(34-23)20-8-2-3-12-27-20/h2-4,6,8-12,18-19H,5,7,13-16H2,1H3,(H,28,30). The topological polar surface area (TPSA) is 93.9 Å². The van der Waals surface area contributed by atoms with Crippen molar-refractivity contribution >= 4 is 11.8 Å². The van der Waals surface area contributed by atoms with Crippen molar-refractivity contribution in [2.45, 2.75) is 25.3 Å². The number of ether oxygens (including phenoxy) is 2. The molecule has 34 heavy (non-hydrogen) atoms. The van der Waals surface area contributed by atoms with Crippen LogP contribution in [-0.4, -0.2) is 54.5 Å². The van der Waals surface area contributed by atoms with Gasteiger partial charge in [0.1, 0.15) is 12.3 Å². The van der Waals surface area contributed by atoms with E-state index in [-0.39, 0.29) is 29.5 Å². The fourth-order valence-electron chi connectivity index (χ4n) is 4.58. The van der Waals surface area contributed by atoms with Crippen molar-refractivity contribution in [3.63, 3.8) is 0 Å². The number of methoxy groups -OCH3 is 1.